The first-order chi connectivity index (χ1) is 10.6. The van der Waals surface area contributed by atoms with Crippen molar-refractivity contribution in [3.8, 4) is 5.75 Å². The van der Waals surface area contributed by atoms with E-state index in [1.54, 1.807) is 7.11 Å². The van der Waals surface area contributed by atoms with E-state index >= 15 is 0 Å². The third kappa shape index (κ3) is 2.47. The second kappa shape index (κ2) is 5.83. The van der Waals surface area contributed by atoms with Crippen molar-refractivity contribution in [3.63, 3.8) is 0 Å². The third-order valence-corrected chi connectivity index (χ3v) is 4.10. The first-order valence-electron chi connectivity index (χ1n) is 7.55. The van der Waals surface area contributed by atoms with E-state index in [-0.39, 0.29) is 11.9 Å². The van der Waals surface area contributed by atoms with Crippen molar-refractivity contribution in [2.24, 2.45) is 0 Å². The minimum atomic E-state index is -0.0798. The zero-order chi connectivity index (χ0) is 15.7. The summed E-state index contributed by atoms with van der Waals surface area (Å²) in [6.07, 6.45) is 1.64. The monoisotopic (exact) mass is 300 g/mol. The summed E-state index contributed by atoms with van der Waals surface area (Å²) in [4.78, 5) is 18.8. The van der Waals surface area contributed by atoms with E-state index in [1.165, 1.54) is 0 Å². The number of carbonyl (C=O) groups excluding carboxylic acids is 1. The zero-order valence-electron chi connectivity index (χ0n) is 13.1. The Labute approximate surface area is 129 Å². The maximum absolute atomic E-state index is 12.7. The van der Waals surface area contributed by atoms with Crippen LogP contribution in [0.3, 0.4) is 0 Å². The maximum atomic E-state index is 12.7. The van der Waals surface area contributed by atoms with Gasteiger partial charge in [0.15, 0.2) is 5.89 Å². The molecule has 1 aromatic heterocycles. The number of rotatable bonds is 4. The molecule has 1 amide bonds. The van der Waals surface area contributed by atoms with Crippen molar-refractivity contribution in [2.75, 3.05) is 13.7 Å². The van der Waals surface area contributed by atoms with Crippen LogP contribution in [0.4, 0.5) is 0 Å². The van der Waals surface area contributed by atoms with Crippen LogP contribution in [-0.4, -0.2) is 29.4 Å². The van der Waals surface area contributed by atoms with Gasteiger partial charge in [0, 0.05) is 13.0 Å². The molecule has 1 saturated heterocycles. The molecule has 1 aliphatic heterocycles. The quantitative estimate of drug-likeness (QED) is 0.870. The lowest BCUT2D eigenvalue weighted by molar-refractivity contribution is 0.0424. The minimum absolute atomic E-state index is 0.0798. The fourth-order valence-corrected chi connectivity index (χ4v) is 2.76. The summed E-state index contributed by atoms with van der Waals surface area (Å²) in [6.45, 7) is 4.51. The fraction of sp³-hybridized carbons (Fsp3) is 0.412. The Kier molecular flexibility index (Phi) is 3.88. The van der Waals surface area contributed by atoms with E-state index in [1.807, 2.05) is 43.0 Å². The van der Waals surface area contributed by atoms with E-state index in [0.29, 0.717) is 23.8 Å². The fourth-order valence-electron chi connectivity index (χ4n) is 2.76. The molecule has 0 spiro atoms. The summed E-state index contributed by atoms with van der Waals surface area (Å²) < 4.78 is 10.8. The van der Waals surface area contributed by atoms with Crippen LogP contribution in [0, 0.1) is 6.92 Å². The predicted octanol–water partition coefficient (Wildman–Crippen LogP) is 3.14. The first kappa shape index (κ1) is 14.6. The second-order valence-corrected chi connectivity index (χ2v) is 5.46. The second-order valence-electron chi connectivity index (χ2n) is 5.46. The molecule has 1 aromatic carbocycles. The van der Waals surface area contributed by atoms with Gasteiger partial charge in [-0.15, -0.1) is 0 Å². The van der Waals surface area contributed by atoms with Crippen molar-refractivity contribution in [3.05, 3.63) is 47.2 Å². The molecule has 5 heteroatoms. The van der Waals surface area contributed by atoms with Crippen LogP contribution >= 0.6 is 0 Å². The number of likely N-dealkylation sites (tertiary alicyclic amines) is 1. The van der Waals surface area contributed by atoms with Crippen LogP contribution in [0.5, 0.6) is 5.75 Å². The number of hydrogen-bond acceptors (Lipinski definition) is 4. The summed E-state index contributed by atoms with van der Waals surface area (Å²) in [5.74, 6) is 1.70. The van der Waals surface area contributed by atoms with Crippen molar-refractivity contribution in [1.29, 1.82) is 0 Å². The minimum Gasteiger partial charge on any atom is -0.497 e. The molecule has 1 unspecified atom stereocenters. The van der Waals surface area contributed by atoms with E-state index in [4.69, 9.17) is 9.15 Å². The van der Waals surface area contributed by atoms with Gasteiger partial charge in [0.1, 0.15) is 5.75 Å². The highest BCUT2D eigenvalue weighted by Gasteiger charge is 2.36. The van der Waals surface area contributed by atoms with Crippen molar-refractivity contribution in [1.82, 2.24) is 9.88 Å². The van der Waals surface area contributed by atoms with Crippen LogP contribution in [0.1, 0.15) is 47.1 Å². The Morgan fingerprint density at radius 1 is 1.50 bits per heavy atom. The molecule has 116 valence electrons. The number of amides is 1. The molecule has 0 aliphatic carbocycles. The molecule has 5 nitrogen and oxygen atoms in total. The predicted molar refractivity (Wildman–Crippen MR) is 82.0 cm³/mol. The molecule has 0 N–H and O–H groups in total. The van der Waals surface area contributed by atoms with Gasteiger partial charge in [-0.1, -0.05) is 19.1 Å². The number of ether oxygens (including phenoxy) is 1. The summed E-state index contributed by atoms with van der Waals surface area (Å²) in [6, 6.07) is 7.94. The maximum Gasteiger partial charge on any atom is 0.292 e. The lowest BCUT2D eigenvalue weighted by Gasteiger charge is -2.40. The lowest BCUT2D eigenvalue weighted by atomic mass is 9.94. The van der Waals surface area contributed by atoms with Gasteiger partial charge in [0.05, 0.1) is 18.8 Å². The topological polar surface area (TPSA) is 55.6 Å². The highest BCUT2D eigenvalue weighted by Crippen LogP contribution is 2.36. The zero-order valence-corrected chi connectivity index (χ0v) is 13.1. The van der Waals surface area contributed by atoms with Gasteiger partial charge in [0.25, 0.3) is 5.91 Å². The lowest BCUT2D eigenvalue weighted by Crippen LogP contribution is -2.45. The van der Waals surface area contributed by atoms with Crippen molar-refractivity contribution < 1.29 is 13.9 Å². The van der Waals surface area contributed by atoms with Gasteiger partial charge >= 0.3 is 0 Å². The molecule has 1 aliphatic rings. The highest BCUT2D eigenvalue weighted by molar-refractivity contribution is 5.93. The summed E-state index contributed by atoms with van der Waals surface area (Å²) in [5, 5.41) is 0. The summed E-state index contributed by atoms with van der Waals surface area (Å²) >= 11 is 0. The van der Waals surface area contributed by atoms with E-state index in [9.17, 15) is 4.79 Å². The van der Waals surface area contributed by atoms with Gasteiger partial charge in [-0.05, 0) is 31.0 Å². The Morgan fingerprint density at radius 2 is 2.32 bits per heavy atom. The third-order valence-electron chi connectivity index (χ3n) is 4.10. The molecule has 0 bridgehead atoms. The van der Waals surface area contributed by atoms with Gasteiger partial charge in [-0.3, -0.25) is 4.79 Å². The molecule has 3 rings (SSSR count). The van der Waals surface area contributed by atoms with Gasteiger partial charge in [-0.25, -0.2) is 4.98 Å². The molecule has 2 aromatic rings. The largest absolute Gasteiger partial charge is 0.497 e. The van der Waals surface area contributed by atoms with Crippen LogP contribution in [0.15, 0.2) is 28.7 Å². The van der Waals surface area contributed by atoms with Gasteiger partial charge in [0.2, 0.25) is 5.76 Å². The van der Waals surface area contributed by atoms with E-state index < -0.39 is 0 Å². The molecule has 0 radical (unpaired) electrons. The van der Waals surface area contributed by atoms with E-state index in [0.717, 1.165) is 24.3 Å². The number of carbonyl (C=O) groups is 1. The number of benzene rings is 1. The molecule has 2 heterocycles. The average Bonchev–Trinajstić information content (AvgIpc) is 2.87. The highest BCUT2D eigenvalue weighted by atomic mass is 16.5. The van der Waals surface area contributed by atoms with Gasteiger partial charge < -0.3 is 14.1 Å². The number of aryl methyl sites for hydroxylation is 2. The first-order valence-corrected chi connectivity index (χ1v) is 7.55. The normalized spacial score (nSPS) is 17.2. The molecule has 1 atom stereocenters. The Bertz CT molecular complexity index is 693. The van der Waals surface area contributed by atoms with Crippen LogP contribution in [0.25, 0.3) is 0 Å². The van der Waals surface area contributed by atoms with Gasteiger partial charge in [-0.2, -0.15) is 0 Å². The van der Waals surface area contributed by atoms with Crippen molar-refractivity contribution >= 4 is 5.91 Å². The average molecular weight is 300 g/mol. The SMILES string of the molecule is CCc1nc(C)c(C(=O)N2CCC2c2cccc(OC)c2)o1. The van der Waals surface area contributed by atoms with Crippen LogP contribution in [0.2, 0.25) is 0 Å². The molecule has 0 saturated carbocycles. The standard InChI is InChI=1S/C17H20N2O3/c1-4-15-18-11(2)16(22-15)17(20)19-9-8-14(19)12-6-5-7-13(10-12)21-3/h5-7,10,14H,4,8-9H2,1-3H3. The summed E-state index contributed by atoms with van der Waals surface area (Å²) in [7, 11) is 1.65. The molecule has 1 fully saturated rings. The number of aromatic nitrogens is 1. The molecular formula is C17H20N2O3. The van der Waals surface area contributed by atoms with Crippen LogP contribution < -0.4 is 4.74 Å². The number of hydrogen-bond donors (Lipinski definition) is 0. The number of methoxy groups -OCH3 is 1. The Morgan fingerprint density at radius 3 is 2.91 bits per heavy atom. The van der Waals surface area contributed by atoms with E-state index in [2.05, 4.69) is 4.98 Å². The smallest absolute Gasteiger partial charge is 0.292 e. The molecular weight excluding hydrogens is 280 g/mol. The number of nitrogens with zero attached hydrogens (tertiary/aromatic N) is 2. The number of oxazole rings is 1. The Balaban J connectivity index is 1.82. The molecule has 22 heavy (non-hydrogen) atoms. The Hall–Kier alpha value is -2.30. The van der Waals surface area contributed by atoms with Crippen LogP contribution in [-0.2, 0) is 6.42 Å². The summed E-state index contributed by atoms with van der Waals surface area (Å²) in [5.41, 5.74) is 1.75. The van der Waals surface area contributed by atoms with Crippen molar-refractivity contribution in [2.45, 2.75) is 32.7 Å².